The molecule has 0 heterocycles. The smallest absolute Gasteiger partial charge is 0.312 e. The van der Waals surface area contributed by atoms with Crippen LogP contribution in [-0.2, 0) is 12.7 Å². The minimum Gasteiger partial charge on any atom is -0.312 e. The monoisotopic (exact) mass is 311 g/mol. The van der Waals surface area contributed by atoms with Crippen molar-refractivity contribution >= 4 is 11.8 Å². The summed E-state index contributed by atoms with van der Waals surface area (Å²) >= 11 is 1.75. The Morgan fingerprint density at radius 3 is 2.19 bits per heavy atom. The molecule has 0 amide bonds. The van der Waals surface area contributed by atoms with E-state index in [9.17, 15) is 13.2 Å². The SMILES string of the molecule is FC(F)(F)c1ccc(CNCCSc2ccccc2)cc1. The van der Waals surface area contributed by atoms with Crippen molar-refractivity contribution in [3.8, 4) is 0 Å². The van der Waals surface area contributed by atoms with Gasteiger partial charge in [0.15, 0.2) is 0 Å². The van der Waals surface area contributed by atoms with Crippen LogP contribution in [0.15, 0.2) is 59.5 Å². The molecule has 0 aliphatic rings. The van der Waals surface area contributed by atoms with Crippen LogP contribution in [-0.4, -0.2) is 12.3 Å². The van der Waals surface area contributed by atoms with Crippen LogP contribution in [0.5, 0.6) is 0 Å². The first-order chi connectivity index (χ1) is 10.1. The first-order valence-electron chi connectivity index (χ1n) is 6.60. The Morgan fingerprint density at radius 1 is 0.905 bits per heavy atom. The molecule has 0 aromatic heterocycles. The summed E-state index contributed by atoms with van der Waals surface area (Å²) in [7, 11) is 0. The number of hydrogen-bond donors (Lipinski definition) is 1. The topological polar surface area (TPSA) is 12.0 Å². The van der Waals surface area contributed by atoms with Gasteiger partial charge in [0.1, 0.15) is 0 Å². The molecule has 0 bridgehead atoms. The molecule has 1 N–H and O–H groups in total. The third-order valence-electron chi connectivity index (χ3n) is 2.90. The number of halogens is 3. The Morgan fingerprint density at radius 2 is 1.57 bits per heavy atom. The van der Waals surface area contributed by atoms with E-state index < -0.39 is 11.7 Å². The molecule has 1 nitrogen and oxygen atoms in total. The third kappa shape index (κ3) is 5.44. The Labute approximate surface area is 126 Å². The molecule has 0 fully saturated rings. The van der Waals surface area contributed by atoms with Gasteiger partial charge in [-0.1, -0.05) is 30.3 Å². The molecule has 21 heavy (non-hydrogen) atoms. The molecule has 2 aromatic rings. The van der Waals surface area contributed by atoms with Gasteiger partial charge in [-0.3, -0.25) is 0 Å². The summed E-state index contributed by atoms with van der Waals surface area (Å²) in [4.78, 5) is 1.22. The van der Waals surface area contributed by atoms with E-state index in [-0.39, 0.29) is 0 Å². The van der Waals surface area contributed by atoms with Crippen molar-refractivity contribution in [1.82, 2.24) is 5.32 Å². The van der Waals surface area contributed by atoms with Crippen molar-refractivity contribution in [3.63, 3.8) is 0 Å². The van der Waals surface area contributed by atoms with Gasteiger partial charge in [-0.15, -0.1) is 11.8 Å². The number of benzene rings is 2. The number of nitrogens with one attached hydrogen (secondary N) is 1. The highest BCUT2D eigenvalue weighted by Gasteiger charge is 2.29. The van der Waals surface area contributed by atoms with Crippen LogP contribution in [0.1, 0.15) is 11.1 Å². The molecule has 0 spiro atoms. The second-order valence-corrected chi connectivity index (χ2v) is 5.70. The standard InChI is InChI=1S/C16H16F3NS/c17-16(18,19)14-8-6-13(7-9-14)12-20-10-11-21-15-4-2-1-3-5-15/h1-9,20H,10-12H2. The molecular weight excluding hydrogens is 295 g/mol. The Bertz CT molecular complexity index is 538. The molecule has 112 valence electrons. The van der Waals surface area contributed by atoms with Crippen LogP contribution in [0.25, 0.3) is 0 Å². The highest BCUT2D eigenvalue weighted by atomic mass is 32.2. The van der Waals surface area contributed by atoms with Gasteiger partial charge in [-0.2, -0.15) is 13.2 Å². The molecule has 0 aliphatic heterocycles. The Hall–Kier alpha value is -1.46. The van der Waals surface area contributed by atoms with Gasteiger partial charge in [-0.05, 0) is 29.8 Å². The van der Waals surface area contributed by atoms with Crippen LogP contribution < -0.4 is 5.32 Å². The van der Waals surface area contributed by atoms with E-state index in [1.165, 1.54) is 17.0 Å². The van der Waals surface area contributed by atoms with E-state index in [1.807, 2.05) is 18.2 Å². The van der Waals surface area contributed by atoms with Crippen LogP contribution in [0, 0.1) is 0 Å². The normalized spacial score (nSPS) is 11.6. The van der Waals surface area contributed by atoms with E-state index in [1.54, 1.807) is 11.8 Å². The lowest BCUT2D eigenvalue weighted by molar-refractivity contribution is -0.137. The van der Waals surface area contributed by atoms with E-state index in [2.05, 4.69) is 17.4 Å². The molecule has 0 saturated heterocycles. The second-order valence-electron chi connectivity index (χ2n) is 4.53. The van der Waals surface area contributed by atoms with Crippen molar-refractivity contribution < 1.29 is 13.2 Å². The first-order valence-corrected chi connectivity index (χ1v) is 7.59. The maximum absolute atomic E-state index is 12.4. The molecule has 2 aromatic carbocycles. The summed E-state index contributed by atoms with van der Waals surface area (Å²) in [6, 6.07) is 15.4. The number of alkyl halides is 3. The molecule has 0 unspecified atom stereocenters. The van der Waals surface area contributed by atoms with Crippen LogP contribution >= 0.6 is 11.8 Å². The fourth-order valence-corrected chi connectivity index (χ4v) is 2.63. The van der Waals surface area contributed by atoms with Gasteiger partial charge in [0.2, 0.25) is 0 Å². The zero-order chi connectivity index (χ0) is 15.1. The summed E-state index contributed by atoms with van der Waals surface area (Å²) in [5, 5.41) is 3.23. The molecule has 0 radical (unpaired) electrons. The van der Waals surface area contributed by atoms with Crippen LogP contribution in [0.4, 0.5) is 13.2 Å². The largest absolute Gasteiger partial charge is 0.416 e. The maximum Gasteiger partial charge on any atom is 0.416 e. The van der Waals surface area contributed by atoms with Gasteiger partial charge in [-0.25, -0.2) is 0 Å². The molecular formula is C16H16F3NS. The van der Waals surface area contributed by atoms with Crippen molar-refractivity contribution in [1.29, 1.82) is 0 Å². The molecule has 5 heteroatoms. The third-order valence-corrected chi connectivity index (χ3v) is 3.91. The summed E-state index contributed by atoms with van der Waals surface area (Å²) in [6.45, 7) is 1.38. The zero-order valence-electron chi connectivity index (χ0n) is 11.4. The second kappa shape index (κ2) is 7.52. The van der Waals surface area contributed by atoms with E-state index in [0.717, 1.165) is 30.0 Å². The number of thioether (sulfide) groups is 1. The van der Waals surface area contributed by atoms with Gasteiger partial charge < -0.3 is 5.32 Å². The van der Waals surface area contributed by atoms with Crippen LogP contribution in [0.3, 0.4) is 0 Å². The fraction of sp³-hybridized carbons (Fsp3) is 0.250. The quantitative estimate of drug-likeness (QED) is 0.619. The van der Waals surface area contributed by atoms with Gasteiger partial charge in [0, 0.05) is 23.7 Å². The zero-order valence-corrected chi connectivity index (χ0v) is 12.2. The Balaban J connectivity index is 1.69. The van der Waals surface area contributed by atoms with E-state index in [4.69, 9.17) is 0 Å². The summed E-state index contributed by atoms with van der Waals surface area (Å²) in [5.41, 5.74) is 0.249. The number of rotatable bonds is 6. The lowest BCUT2D eigenvalue weighted by atomic mass is 10.1. The van der Waals surface area contributed by atoms with Gasteiger partial charge in [0.25, 0.3) is 0 Å². The highest BCUT2D eigenvalue weighted by molar-refractivity contribution is 7.99. The Kier molecular flexibility index (Phi) is 5.70. The minimum absolute atomic E-state index is 0.577. The van der Waals surface area contributed by atoms with Gasteiger partial charge >= 0.3 is 6.18 Å². The predicted molar refractivity (Wildman–Crippen MR) is 80.3 cm³/mol. The lowest BCUT2D eigenvalue weighted by Gasteiger charge is -2.08. The van der Waals surface area contributed by atoms with Gasteiger partial charge in [0.05, 0.1) is 5.56 Å². The number of hydrogen-bond acceptors (Lipinski definition) is 2. The summed E-state index contributed by atoms with van der Waals surface area (Å²) in [6.07, 6.45) is -4.27. The minimum atomic E-state index is -4.27. The van der Waals surface area contributed by atoms with E-state index in [0.29, 0.717) is 6.54 Å². The average Bonchev–Trinajstić information content (AvgIpc) is 2.47. The van der Waals surface area contributed by atoms with Crippen molar-refractivity contribution in [2.24, 2.45) is 0 Å². The first kappa shape index (κ1) is 15.9. The highest BCUT2D eigenvalue weighted by Crippen LogP contribution is 2.29. The average molecular weight is 311 g/mol. The maximum atomic E-state index is 12.4. The fourth-order valence-electron chi connectivity index (χ4n) is 1.80. The van der Waals surface area contributed by atoms with Crippen molar-refractivity contribution in [2.75, 3.05) is 12.3 Å². The lowest BCUT2D eigenvalue weighted by Crippen LogP contribution is -2.16. The summed E-state index contributed by atoms with van der Waals surface area (Å²) in [5.74, 6) is 0.921. The predicted octanol–water partition coefficient (Wildman–Crippen LogP) is 4.59. The van der Waals surface area contributed by atoms with E-state index >= 15 is 0 Å². The molecule has 0 saturated carbocycles. The van der Waals surface area contributed by atoms with Crippen molar-refractivity contribution in [2.45, 2.75) is 17.6 Å². The molecule has 0 aliphatic carbocycles. The summed E-state index contributed by atoms with van der Waals surface area (Å²) < 4.78 is 37.2. The molecule has 0 atom stereocenters. The van der Waals surface area contributed by atoms with Crippen molar-refractivity contribution in [3.05, 3.63) is 65.7 Å². The van der Waals surface area contributed by atoms with Crippen LogP contribution in [0.2, 0.25) is 0 Å². The molecule has 2 rings (SSSR count).